The molecule has 5 aromatic carbocycles. The first-order valence-electron chi connectivity index (χ1n) is 16.3. The summed E-state index contributed by atoms with van der Waals surface area (Å²) in [5.74, 6) is 3.39. The first-order chi connectivity index (χ1) is 24.1. The van der Waals surface area contributed by atoms with E-state index in [-0.39, 0.29) is 0 Å². The number of rotatable bonds is 7. The Kier molecular flexibility index (Phi) is 8.90. The van der Waals surface area contributed by atoms with E-state index in [0.29, 0.717) is 23.6 Å². The lowest BCUT2D eigenvalue weighted by atomic mass is 9.92. The Balaban J connectivity index is 1.33. The Morgan fingerprint density at radius 1 is 0.735 bits per heavy atom. The third-order valence-electron chi connectivity index (χ3n) is 8.55. The lowest BCUT2D eigenvalue weighted by Gasteiger charge is -2.16. The molecule has 0 atom stereocenters. The smallest absolute Gasteiger partial charge is 0.160 e. The molecular formula is C45H34N4. The molecule has 49 heavy (non-hydrogen) atoms. The molecule has 0 saturated carbocycles. The van der Waals surface area contributed by atoms with Gasteiger partial charge in [-0.3, -0.25) is 0 Å². The molecule has 1 aliphatic rings. The number of benzene rings is 5. The average molecular weight is 631 g/mol. The number of nitrogens with two attached hydrogens (primary N) is 1. The van der Waals surface area contributed by atoms with Crippen LogP contribution in [0.3, 0.4) is 0 Å². The third-order valence-corrected chi connectivity index (χ3v) is 8.55. The molecule has 1 aromatic heterocycles. The summed E-state index contributed by atoms with van der Waals surface area (Å²) in [5.41, 5.74) is 17.5. The Labute approximate surface area is 287 Å². The van der Waals surface area contributed by atoms with Crippen LogP contribution in [-0.2, 0) is 0 Å². The van der Waals surface area contributed by atoms with Gasteiger partial charge in [-0.25, -0.2) is 15.0 Å². The molecule has 4 heteroatoms. The van der Waals surface area contributed by atoms with Gasteiger partial charge in [-0.1, -0.05) is 145 Å². The van der Waals surface area contributed by atoms with Crippen LogP contribution in [0.2, 0.25) is 0 Å². The maximum atomic E-state index is 6.55. The Hall–Kier alpha value is -6.57. The molecule has 234 valence electrons. The van der Waals surface area contributed by atoms with Gasteiger partial charge in [-0.2, -0.15) is 0 Å². The molecule has 0 saturated heterocycles. The van der Waals surface area contributed by atoms with Gasteiger partial charge in [0.25, 0.3) is 0 Å². The number of allylic oxidation sites excluding steroid dienone is 7. The topological polar surface area (TPSA) is 64.2 Å². The highest BCUT2D eigenvalue weighted by atomic mass is 14.9. The van der Waals surface area contributed by atoms with Crippen LogP contribution in [0.1, 0.15) is 18.9 Å². The zero-order valence-electron chi connectivity index (χ0n) is 27.2. The zero-order chi connectivity index (χ0) is 33.6. The minimum absolute atomic E-state index is 0.638. The molecule has 0 aliphatic heterocycles. The second-order valence-electron chi connectivity index (χ2n) is 11.7. The maximum absolute atomic E-state index is 6.55. The van der Waals surface area contributed by atoms with E-state index in [1.54, 1.807) is 6.08 Å². The van der Waals surface area contributed by atoms with E-state index in [1.165, 1.54) is 0 Å². The summed E-state index contributed by atoms with van der Waals surface area (Å²) in [6, 6.07) is 43.6. The minimum Gasteiger partial charge on any atom is -0.397 e. The monoisotopic (exact) mass is 630 g/mol. The van der Waals surface area contributed by atoms with Crippen LogP contribution in [0, 0.1) is 12.3 Å². The highest BCUT2D eigenvalue weighted by Crippen LogP contribution is 2.36. The van der Waals surface area contributed by atoms with Crippen LogP contribution >= 0.6 is 0 Å². The normalized spacial score (nSPS) is 14.1. The molecule has 0 radical (unpaired) electrons. The van der Waals surface area contributed by atoms with Gasteiger partial charge < -0.3 is 5.73 Å². The van der Waals surface area contributed by atoms with Gasteiger partial charge in [-0.15, -0.1) is 6.42 Å². The molecule has 0 unspecified atom stereocenters. The second kappa shape index (κ2) is 14.0. The van der Waals surface area contributed by atoms with Gasteiger partial charge >= 0.3 is 0 Å². The fourth-order valence-electron chi connectivity index (χ4n) is 6.18. The Bertz CT molecular complexity index is 2310. The lowest BCUT2D eigenvalue weighted by molar-refractivity contribution is 1.18. The third kappa shape index (κ3) is 6.52. The summed E-state index contributed by atoms with van der Waals surface area (Å²) < 4.78 is 0. The van der Waals surface area contributed by atoms with E-state index in [1.807, 2.05) is 79.7 Å². The van der Waals surface area contributed by atoms with Gasteiger partial charge in [-0.05, 0) is 46.5 Å². The number of hydrogen-bond acceptors (Lipinski definition) is 4. The fraction of sp³-hybridized carbons (Fsp3) is 0.0444. The quantitative estimate of drug-likeness (QED) is 0.179. The van der Waals surface area contributed by atoms with Crippen LogP contribution in [-0.4, -0.2) is 15.7 Å². The van der Waals surface area contributed by atoms with E-state index in [2.05, 4.69) is 84.8 Å². The van der Waals surface area contributed by atoms with Gasteiger partial charge in [0.1, 0.15) is 0 Å². The van der Waals surface area contributed by atoms with E-state index >= 15 is 0 Å². The predicted molar refractivity (Wildman–Crippen MR) is 205 cm³/mol. The fourth-order valence-corrected chi connectivity index (χ4v) is 6.18. The van der Waals surface area contributed by atoms with Crippen LogP contribution in [0.25, 0.3) is 61.5 Å². The number of hydrogen-bond donors (Lipinski definition) is 1. The largest absolute Gasteiger partial charge is 0.397 e. The highest BCUT2D eigenvalue weighted by Gasteiger charge is 2.16. The molecule has 0 fully saturated rings. The van der Waals surface area contributed by atoms with Crippen molar-refractivity contribution in [1.29, 1.82) is 0 Å². The second-order valence-corrected chi connectivity index (χ2v) is 11.7. The zero-order valence-corrected chi connectivity index (χ0v) is 27.2. The van der Waals surface area contributed by atoms with E-state index in [0.717, 1.165) is 66.8 Å². The number of terminal acetylenes is 1. The van der Waals surface area contributed by atoms with Crippen LogP contribution in [0.5, 0.6) is 0 Å². The highest BCUT2D eigenvalue weighted by molar-refractivity contribution is 6.08. The van der Waals surface area contributed by atoms with Crippen molar-refractivity contribution in [1.82, 2.24) is 9.97 Å². The van der Waals surface area contributed by atoms with Crippen molar-refractivity contribution >= 4 is 22.2 Å². The summed E-state index contributed by atoms with van der Waals surface area (Å²) >= 11 is 0. The van der Waals surface area contributed by atoms with Crippen LogP contribution in [0.4, 0.5) is 0 Å². The summed E-state index contributed by atoms with van der Waals surface area (Å²) in [5, 5.41) is 2.15. The summed E-state index contributed by atoms with van der Waals surface area (Å²) in [6.45, 7) is 1.98. The van der Waals surface area contributed by atoms with Gasteiger partial charge in [0, 0.05) is 34.8 Å². The number of nitrogens with zero attached hydrogens (tertiary/aromatic N) is 3. The Morgan fingerprint density at radius 3 is 2.12 bits per heavy atom. The number of aliphatic imine (C=N–C) groups is 1. The van der Waals surface area contributed by atoms with Gasteiger partial charge in [0.05, 0.1) is 28.5 Å². The molecule has 1 heterocycles. The molecule has 7 rings (SSSR count). The Morgan fingerprint density at radius 2 is 1.39 bits per heavy atom. The molecular weight excluding hydrogens is 597 g/mol. The minimum atomic E-state index is 0.638. The average Bonchev–Trinajstić information content (AvgIpc) is 3.16. The summed E-state index contributed by atoms with van der Waals surface area (Å²) in [6.07, 6.45) is 16.3. The molecule has 1 aliphatic carbocycles. The maximum Gasteiger partial charge on any atom is 0.160 e. The molecule has 2 N–H and O–H groups in total. The standard InChI is InChI=1S/C45H34N4/c1-3-15-32-21-14-26-41(44(32)46)47-40(16-4-2)39-28-27-36(37-24-11-12-25-38(37)39)34-22-13-23-35(29-34)43-30-42(31-17-7-5-8-18-31)48-45(49-43)33-19-9-6-10-20-33/h2-3,5-25,27-30H,26,46H2,1H3/b15-3-,40-16-,47-41+. The molecule has 6 aromatic rings. The SMILES string of the molecule is C#C/C=C(\N=C1/CC=CC(/C=C\C)=C1N)c1ccc(-c2cccc(-c3cc(-c4ccccc4)nc(-c4ccccc4)n3)c2)c2ccccc12. The van der Waals surface area contributed by atoms with Crippen molar-refractivity contribution in [3.63, 3.8) is 0 Å². The predicted octanol–water partition coefficient (Wildman–Crippen LogP) is 10.5. The van der Waals surface area contributed by atoms with Crippen molar-refractivity contribution in [3.8, 4) is 57.4 Å². The lowest BCUT2D eigenvalue weighted by Crippen LogP contribution is -2.16. The number of fused-ring (bicyclic) bond motifs is 1. The van der Waals surface area contributed by atoms with Crippen molar-refractivity contribution in [2.75, 3.05) is 0 Å². The van der Waals surface area contributed by atoms with E-state index < -0.39 is 0 Å². The first-order valence-corrected chi connectivity index (χ1v) is 16.3. The molecule has 0 amide bonds. The van der Waals surface area contributed by atoms with Crippen molar-refractivity contribution in [2.24, 2.45) is 10.7 Å². The van der Waals surface area contributed by atoms with Gasteiger partial charge in [0.2, 0.25) is 0 Å². The summed E-state index contributed by atoms with van der Waals surface area (Å²) in [7, 11) is 0. The van der Waals surface area contributed by atoms with Crippen molar-refractivity contribution < 1.29 is 0 Å². The molecule has 0 spiro atoms. The van der Waals surface area contributed by atoms with Crippen LogP contribution in [0.15, 0.2) is 174 Å². The summed E-state index contributed by atoms with van der Waals surface area (Å²) in [4.78, 5) is 15.1. The van der Waals surface area contributed by atoms with Crippen molar-refractivity contribution in [2.45, 2.75) is 13.3 Å². The van der Waals surface area contributed by atoms with Crippen LogP contribution < -0.4 is 5.73 Å². The number of aromatic nitrogens is 2. The van der Waals surface area contributed by atoms with Crippen molar-refractivity contribution in [3.05, 3.63) is 175 Å². The molecule has 4 nitrogen and oxygen atoms in total. The van der Waals surface area contributed by atoms with E-state index in [9.17, 15) is 0 Å². The molecule has 0 bridgehead atoms. The van der Waals surface area contributed by atoms with E-state index in [4.69, 9.17) is 27.1 Å². The van der Waals surface area contributed by atoms with Gasteiger partial charge in [0.15, 0.2) is 5.82 Å². The first kappa shape index (κ1) is 31.1.